The second-order valence-corrected chi connectivity index (χ2v) is 7.07. The molecule has 4 nitrogen and oxygen atoms in total. The number of nitrogens with one attached hydrogen (secondary N) is 2. The van der Waals surface area contributed by atoms with Crippen LogP contribution in [0.2, 0.25) is 0 Å². The van der Waals surface area contributed by atoms with Crippen LogP contribution in [-0.4, -0.2) is 42.5 Å². The molecule has 2 N–H and O–H groups in total. The van der Waals surface area contributed by atoms with E-state index < -0.39 is 0 Å². The minimum atomic E-state index is 0.190. The fraction of sp³-hybridized carbons (Fsp3) is 0.632. The molecule has 0 aliphatic carbocycles. The van der Waals surface area contributed by atoms with Crippen LogP contribution in [0.1, 0.15) is 38.2 Å². The third-order valence-electron chi connectivity index (χ3n) is 5.23. The van der Waals surface area contributed by atoms with Crippen LogP contribution in [0, 0.1) is 5.92 Å². The Bertz CT molecular complexity index is 505. The van der Waals surface area contributed by atoms with Crippen molar-refractivity contribution >= 4 is 5.91 Å². The highest BCUT2D eigenvalue weighted by Gasteiger charge is 2.28. The summed E-state index contributed by atoms with van der Waals surface area (Å²) in [6, 6.07) is 11.6. The molecule has 2 heterocycles. The first-order valence-corrected chi connectivity index (χ1v) is 9.01. The van der Waals surface area contributed by atoms with Crippen LogP contribution >= 0.6 is 0 Å². The molecule has 0 saturated carbocycles. The van der Waals surface area contributed by atoms with E-state index in [2.05, 4.69) is 52.8 Å². The van der Waals surface area contributed by atoms with Crippen LogP contribution in [0.15, 0.2) is 30.3 Å². The Kier molecular flexibility index (Phi) is 5.68. The van der Waals surface area contributed by atoms with Gasteiger partial charge in [-0.1, -0.05) is 30.3 Å². The molecule has 0 aromatic heterocycles. The van der Waals surface area contributed by atoms with E-state index in [0.29, 0.717) is 12.1 Å². The minimum absolute atomic E-state index is 0.190. The quantitative estimate of drug-likeness (QED) is 0.875. The highest BCUT2D eigenvalue weighted by atomic mass is 16.1. The highest BCUT2D eigenvalue weighted by molar-refractivity contribution is 5.78. The van der Waals surface area contributed by atoms with Crippen molar-refractivity contribution in [2.75, 3.05) is 19.6 Å². The molecule has 126 valence electrons. The number of piperidine rings is 1. The lowest BCUT2D eigenvalue weighted by Crippen LogP contribution is -2.45. The van der Waals surface area contributed by atoms with Gasteiger partial charge in [-0.05, 0) is 51.3 Å². The van der Waals surface area contributed by atoms with Crippen molar-refractivity contribution in [2.24, 2.45) is 5.92 Å². The van der Waals surface area contributed by atoms with Gasteiger partial charge in [-0.3, -0.25) is 9.69 Å². The summed E-state index contributed by atoms with van der Waals surface area (Å²) in [6.07, 6.45) is 4.35. The molecule has 0 spiro atoms. The minimum Gasteiger partial charge on any atom is -0.354 e. The molecule has 0 bridgehead atoms. The van der Waals surface area contributed by atoms with E-state index >= 15 is 0 Å². The van der Waals surface area contributed by atoms with Gasteiger partial charge in [0.1, 0.15) is 0 Å². The van der Waals surface area contributed by atoms with Gasteiger partial charge in [0.2, 0.25) is 5.91 Å². The first-order valence-electron chi connectivity index (χ1n) is 9.01. The lowest BCUT2D eigenvalue weighted by molar-refractivity contribution is -0.126. The molecule has 2 saturated heterocycles. The van der Waals surface area contributed by atoms with Crippen molar-refractivity contribution in [3.05, 3.63) is 35.9 Å². The standard InChI is InChI=1S/C19H29N3O/c1-15-12-17(9-10-20-15)19(23)21-13-18-8-5-11-22(18)14-16-6-3-2-4-7-16/h2-4,6-7,15,17-18,20H,5,8-14H2,1H3,(H,21,23)/t15-,17-,18?/m0/s1. The molecule has 2 aliphatic heterocycles. The molecule has 1 aromatic rings. The molecular weight excluding hydrogens is 286 g/mol. The van der Waals surface area contributed by atoms with Gasteiger partial charge in [0, 0.05) is 31.1 Å². The Labute approximate surface area is 139 Å². The number of hydrogen-bond acceptors (Lipinski definition) is 3. The molecule has 3 rings (SSSR count). The van der Waals surface area contributed by atoms with Gasteiger partial charge in [0.25, 0.3) is 0 Å². The first-order chi connectivity index (χ1) is 11.2. The Hall–Kier alpha value is -1.39. The van der Waals surface area contributed by atoms with Gasteiger partial charge < -0.3 is 10.6 Å². The third kappa shape index (κ3) is 4.55. The largest absolute Gasteiger partial charge is 0.354 e. The maximum Gasteiger partial charge on any atom is 0.223 e. The summed E-state index contributed by atoms with van der Waals surface area (Å²) in [5.74, 6) is 0.445. The van der Waals surface area contributed by atoms with Crippen LogP contribution in [-0.2, 0) is 11.3 Å². The van der Waals surface area contributed by atoms with Crippen molar-refractivity contribution in [3.8, 4) is 0 Å². The molecule has 1 unspecified atom stereocenters. The third-order valence-corrected chi connectivity index (χ3v) is 5.23. The molecular formula is C19H29N3O. The Morgan fingerprint density at radius 1 is 1.30 bits per heavy atom. The van der Waals surface area contributed by atoms with E-state index in [9.17, 15) is 4.79 Å². The van der Waals surface area contributed by atoms with Gasteiger partial charge in [-0.2, -0.15) is 0 Å². The van der Waals surface area contributed by atoms with E-state index in [1.54, 1.807) is 0 Å². The van der Waals surface area contributed by atoms with E-state index in [0.717, 1.165) is 39.0 Å². The average molecular weight is 315 g/mol. The maximum atomic E-state index is 12.4. The van der Waals surface area contributed by atoms with Gasteiger partial charge >= 0.3 is 0 Å². The second kappa shape index (κ2) is 7.93. The Balaban J connectivity index is 1.48. The van der Waals surface area contributed by atoms with Crippen molar-refractivity contribution in [2.45, 2.75) is 51.2 Å². The van der Waals surface area contributed by atoms with Gasteiger partial charge in [0.05, 0.1) is 0 Å². The van der Waals surface area contributed by atoms with Crippen LogP contribution < -0.4 is 10.6 Å². The summed E-state index contributed by atoms with van der Waals surface area (Å²) in [5.41, 5.74) is 1.36. The first kappa shape index (κ1) is 16.5. The molecule has 0 radical (unpaired) electrons. The molecule has 1 amide bonds. The zero-order chi connectivity index (χ0) is 16.1. The van der Waals surface area contributed by atoms with Gasteiger partial charge in [0.15, 0.2) is 0 Å². The SMILES string of the molecule is C[C@H]1C[C@@H](C(=O)NCC2CCCN2Cc2ccccc2)CCN1. The monoisotopic (exact) mass is 315 g/mol. The van der Waals surface area contributed by atoms with Gasteiger partial charge in [-0.15, -0.1) is 0 Å². The van der Waals surface area contributed by atoms with Crippen molar-refractivity contribution < 1.29 is 4.79 Å². The molecule has 2 fully saturated rings. The van der Waals surface area contributed by atoms with E-state index in [-0.39, 0.29) is 11.8 Å². The van der Waals surface area contributed by atoms with Crippen LogP contribution in [0.25, 0.3) is 0 Å². The van der Waals surface area contributed by atoms with Crippen LogP contribution in [0.5, 0.6) is 0 Å². The van der Waals surface area contributed by atoms with Crippen LogP contribution in [0.4, 0.5) is 0 Å². The number of amides is 1. The molecule has 3 atom stereocenters. The van der Waals surface area contributed by atoms with Crippen molar-refractivity contribution in [1.29, 1.82) is 0 Å². The second-order valence-electron chi connectivity index (χ2n) is 7.07. The zero-order valence-electron chi connectivity index (χ0n) is 14.1. The number of benzene rings is 1. The van der Waals surface area contributed by atoms with Crippen molar-refractivity contribution in [1.82, 2.24) is 15.5 Å². The number of rotatable bonds is 5. The van der Waals surface area contributed by atoms with E-state index in [1.165, 1.54) is 18.4 Å². The topological polar surface area (TPSA) is 44.4 Å². The summed E-state index contributed by atoms with van der Waals surface area (Å²) < 4.78 is 0. The predicted octanol–water partition coefficient (Wildman–Crippen LogP) is 2.16. The van der Waals surface area contributed by atoms with E-state index in [1.807, 2.05) is 0 Å². The summed E-state index contributed by atoms with van der Waals surface area (Å²) in [4.78, 5) is 14.9. The van der Waals surface area contributed by atoms with Gasteiger partial charge in [-0.25, -0.2) is 0 Å². The van der Waals surface area contributed by atoms with Crippen molar-refractivity contribution in [3.63, 3.8) is 0 Å². The zero-order valence-corrected chi connectivity index (χ0v) is 14.1. The van der Waals surface area contributed by atoms with Crippen LogP contribution in [0.3, 0.4) is 0 Å². The molecule has 2 aliphatic rings. The normalized spacial score (nSPS) is 28.7. The number of nitrogens with zero attached hydrogens (tertiary/aromatic N) is 1. The number of carbonyl (C=O) groups is 1. The molecule has 4 heteroatoms. The lowest BCUT2D eigenvalue weighted by Gasteiger charge is -2.29. The fourth-order valence-corrected chi connectivity index (χ4v) is 3.89. The summed E-state index contributed by atoms with van der Waals surface area (Å²) >= 11 is 0. The Morgan fingerprint density at radius 3 is 2.91 bits per heavy atom. The fourth-order valence-electron chi connectivity index (χ4n) is 3.89. The van der Waals surface area contributed by atoms with E-state index in [4.69, 9.17) is 0 Å². The average Bonchev–Trinajstić information content (AvgIpc) is 3.00. The number of carbonyl (C=O) groups excluding carboxylic acids is 1. The molecule has 23 heavy (non-hydrogen) atoms. The smallest absolute Gasteiger partial charge is 0.223 e. The summed E-state index contributed by atoms with van der Waals surface area (Å²) in [5, 5.41) is 6.63. The number of hydrogen-bond donors (Lipinski definition) is 2. The maximum absolute atomic E-state index is 12.4. The summed E-state index contributed by atoms with van der Waals surface area (Å²) in [6.45, 7) is 6.05. The predicted molar refractivity (Wildman–Crippen MR) is 93.1 cm³/mol. The molecule has 1 aromatic carbocycles. The summed E-state index contributed by atoms with van der Waals surface area (Å²) in [7, 11) is 0. The lowest BCUT2D eigenvalue weighted by atomic mass is 9.92. The highest BCUT2D eigenvalue weighted by Crippen LogP contribution is 2.20. The number of likely N-dealkylation sites (tertiary alicyclic amines) is 1. The Morgan fingerprint density at radius 2 is 2.13 bits per heavy atom.